The van der Waals surface area contributed by atoms with E-state index < -0.39 is 8.07 Å². The SMILES string of the molecule is CC[Si]1(C)C(c2cc3ccccc3o2)=C(c2ccccc2)C(c2ccccc2)=C1c1cc2ccccc2o1. The van der Waals surface area contributed by atoms with Gasteiger partial charge in [0.2, 0.25) is 0 Å². The molecule has 0 saturated carbocycles. The van der Waals surface area contributed by atoms with Crippen LogP contribution in [0.15, 0.2) is 130 Å². The Labute approximate surface area is 223 Å². The van der Waals surface area contributed by atoms with Gasteiger partial charge in [0.1, 0.15) is 30.8 Å². The van der Waals surface area contributed by atoms with Gasteiger partial charge in [-0.15, -0.1) is 0 Å². The molecule has 1 aliphatic rings. The molecule has 0 unspecified atom stereocenters. The van der Waals surface area contributed by atoms with Gasteiger partial charge in [0, 0.05) is 10.8 Å². The van der Waals surface area contributed by atoms with E-state index in [1.165, 1.54) is 32.7 Å². The number of benzene rings is 4. The van der Waals surface area contributed by atoms with Crippen molar-refractivity contribution in [3.63, 3.8) is 0 Å². The second kappa shape index (κ2) is 8.90. The Morgan fingerprint density at radius 2 is 0.921 bits per heavy atom. The summed E-state index contributed by atoms with van der Waals surface area (Å²) in [5.41, 5.74) is 6.80. The summed E-state index contributed by atoms with van der Waals surface area (Å²) in [6, 6.07) is 43.7. The van der Waals surface area contributed by atoms with E-state index in [2.05, 4.69) is 123 Å². The van der Waals surface area contributed by atoms with Crippen molar-refractivity contribution in [3.8, 4) is 0 Å². The molecule has 0 spiro atoms. The van der Waals surface area contributed by atoms with Gasteiger partial charge < -0.3 is 8.83 Å². The first-order valence-electron chi connectivity index (χ1n) is 13.3. The molecule has 4 aromatic carbocycles. The van der Waals surface area contributed by atoms with E-state index in [0.29, 0.717) is 0 Å². The van der Waals surface area contributed by atoms with Crippen LogP contribution in [0.1, 0.15) is 29.6 Å². The fraction of sp³-hybridized carbons (Fsp3) is 0.0857. The average Bonchev–Trinajstić information content (AvgIpc) is 3.65. The van der Waals surface area contributed by atoms with Crippen LogP contribution in [0.25, 0.3) is 43.5 Å². The molecule has 0 saturated heterocycles. The van der Waals surface area contributed by atoms with Crippen molar-refractivity contribution in [1.82, 2.24) is 0 Å². The maximum atomic E-state index is 6.65. The molecule has 6 aromatic rings. The first kappa shape index (κ1) is 22.8. The molecule has 0 atom stereocenters. The molecule has 0 radical (unpaired) electrons. The van der Waals surface area contributed by atoms with Gasteiger partial charge in [0.05, 0.1) is 0 Å². The summed E-state index contributed by atoms with van der Waals surface area (Å²) >= 11 is 0. The largest absolute Gasteiger partial charge is 0.457 e. The van der Waals surface area contributed by atoms with E-state index in [1.54, 1.807) is 0 Å². The molecule has 38 heavy (non-hydrogen) atoms. The van der Waals surface area contributed by atoms with Crippen LogP contribution in [0.4, 0.5) is 0 Å². The summed E-state index contributed by atoms with van der Waals surface area (Å²) in [7, 11) is -2.35. The summed E-state index contributed by atoms with van der Waals surface area (Å²) in [4.78, 5) is 0. The highest BCUT2D eigenvalue weighted by molar-refractivity contribution is 7.13. The summed E-state index contributed by atoms with van der Waals surface area (Å²) in [6.07, 6.45) is 0. The van der Waals surface area contributed by atoms with E-state index in [1.807, 2.05) is 12.1 Å². The molecule has 0 fully saturated rings. The first-order chi connectivity index (χ1) is 18.7. The van der Waals surface area contributed by atoms with Gasteiger partial charge >= 0.3 is 0 Å². The highest BCUT2D eigenvalue weighted by atomic mass is 28.3. The van der Waals surface area contributed by atoms with Crippen molar-refractivity contribution in [2.24, 2.45) is 0 Å². The third-order valence-corrected chi connectivity index (χ3v) is 12.6. The maximum Gasteiger partial charge on any atom is 0.134 e. The molecular weight excluding hydrogens is 480 g/mol. The number of hydrogen-bond donors (Lipinski definition) is 0. The maximum absolute atomic E-state index is 6.65. The summed E-state index contributed by atoms with van der Waals surface area (Å²) in [5.74, 6) is 1.95. The average molecular weight is 509 g/mol. The van der Waals surface area contributed by atoms with Gasteiger partial charge in [-0.1, -0.05) is 117 Å². The molecular formula is C35H28O2Si. The van der Waals surface area contributed by atoms with E-state index in [0.717, 1.165) is 39.5 Å². The highest BCUT2D eigenvalue weighted by Crippen LogP contribution is 2.57. The van der Waals surface area contributed by atoms with Gasteiger partial charge in [-0.25, -0.2) is 0 Å². The summed E-state index contributed by atoms with van der Waals surface area (Å²) < 4.78 is 13.3. The molecule has 3 heteroatoms. The lowest BCUT2D eigenvalue weighted by molar-refractivity contribution is 0.601. The molecule has 0 amide bonds. The van der Waals surface area contributed by atoms with Crippen molar-refractivity contribution in [1.29, 1.82) is 0 Å². The van der Waals surface area contributed by atoms with E-state index in [4.69, 9.17) is 8.83 Å². The number of allylic oxidation sites excluding steroid dienone is 2. The van der Waals surface area contributed by atoms with Crippen molar-refractivity contribution < 1.29 is 8.83 Å². The molecule has 0 bridgehead atoms. The molecule has 7 rings (SSSR count). The molecule has 0 N–H and O–H groups in total. The summed E-state index contributed by atoms with van der Waals surface area (Å²) in [6.45, 7) is 4.81. The predicted molar refractivity (Wildman–Crippen MR) is 161 cm³/mol. The van der Waals surface area contributed by atoms with Gasteiger partial charge in [0.25, 0.3) is 0 Å². The first-order valence-corrected chi connectivity index (χ1v) is 16.0. The topological polar surface area (TPSA) is 26.3 Å². The van der Waals surface area contributed by atoms with Gasteiger partial charge in [-0.3, -0.25) is 0 Å². The van der Waals surface area contributed by atoms with E-state index in [9.17, 15) is 0 Å². The number of hydrogen-bond acceptors (Lipinski definition) is 2. The van der Waals surface area contributed by atoms with Crippen LogP contribution in [0, 0.1) is 0 Å². The molecule has 1 aliphatic heterocycles. The predicted octanol–water partition coefficient (Wildman–Crippen LogP) is 9.89. The second-order valence-electron chi connectivity index (χ2n) is 10.2. The summed E-state index contributed by atoms with van der Waals surface area (Å²) in [5, 5.41) is 4.95. The molecule has 0 aliphatic carbocycles. The fourth-order valence-corrected chi connectivity index (χ4v) is 10.0. The third kappa shape index (κ3) is 3.47. The molecule has 184 valence electrons. The van der Waals surface area contributed by atoms with Crippen molar-refractivity contribution in [2.45, 2.75) is 19.5 Å². The zero-order valence-corrected chi connectivity index (χ0v) is 22.6. The van der Waals surface area contributed by atoms with Crippen molar-refractivity contribution in [2.75, 3.05) is 0 Å². The number of rotatable bonds is 5. The number of furan rings is 2. The monoisotopic (exact) mass is 508 g/mol. The normalized spacial score (nSPS) is 15.2. The van der Waals surface area contributed by atoms with E-state index >= 15 is 0 Å². The van der Waals surface area contributed by atoms with Crippen LogP contribution in [-0.4, -0.2) is 8.07 Å². The lowest BCUT2D eigenvalue weighted by Gasteiger charge is -2.26. The Bertz CT molecular complexity index is 1650. The smallest absolute Gasteiger partial charge is 0.134 e. The van der Waals surface area contributed by atoms with E-state index in [-0.39, 0.29) is 0 Å². The lowest BCUT2D eigenvalue weighted by atomic mass is 9.91. The highest BCUT2D eigenvalue weighted by Gasteiger charge is 2.48. The quantitative estimate of drug-likeness (QED) is 0.217. The van der Waals surface area contributed by atoms with Crippen LogP contribution < -0.4 is 0 Å². The Hall–Kier alpha value is -4.34. The van der Waals surface area contributed by atoms with Crippen molar-refractivity contribution in [3.05, 3.63) is 144 Å². The van der Waals surface area contributed by atoms with Gasteiger partial charge in [-0.05, 0) is 56.9 Å². The number of para-hydroxylation sites is 2. The Morgan fingerprint density at radius 3 is 1.32 bits per heavy atom. The Morgan fingerprint density at radius 1 is 0.526 bits per heavy atom. The zero-order chi connectivity index (χ0) is 25.7. The minimum atomic E-state index is -2.35. The molecule has 2 aromatic heterocycles. The standard InChI is InChI=1S/C35H28O2Si/c1-3-38(2)34(30-22-26-18-10-12-20-28(26)36-30)32(24-14-6-4-7-15-24)33(25-16-8-5-9-17-25)35(38)31-23-27-19-11-13-21-29(27)37-31/h4-23H,3H2,1-2H3. The second-order valence-corrected chi connectivity index (χ2v) is 14.6. The molecule has 3 heterocycles. The molecule has 2 nitrogen and oxygen atoms in total. The lowest BCUT2D eigenvalue weighted by Crippen LogP contribution is -2.31. The number of fused-ring (bicyclic) bond motifs is 2. The Balaban J connectivity index is 1.62. The van der Waals surface area contributed by atoms with Crippen LogP contribution in [0.5, 0.6) is 0 Å². The van der Waals surface area contributed by atoms with Crippen molar-refractivity contribution >= 4 is 51.6 Å². The van der Waals surface area contributed by atoms with Crippen LogP contribution in [-0.2, 0) is 0 Å². The van der Waals surface area contributed by atoms with Gasteiger partial charge in [-0.2, -0.15) is 0 Å². The fourth-order valence-electron chi connectivity index (χ4n) is 6.07. The zero-order valence-electron chi connectivity index (χ0n) is 21.6. The van der Waals surface area contributed by atoms with Gasteiger partial charge in [0.15, 0.2) is 0 Å². The minimum Gasteiger partial charge on any atom is -0.457 e. The Kier molecular flexibility index (Phi) is 5.34. The van der Waals surface area contributed by atoms with Crippen LogP contribution >= 0.6 is 0 Å². The third-order valence-electron chi connectivity index (χ3n) is 8.03. The van der Waals surface area contributed by atoms with Crippen LogP contribution in [0.2, 0.25) is 12.6 Å². The minimum absolute atomic E-state index is 0.924. The van der Waals surface area contributed by atoms with Crippen LogP contribution in [0.3, 0.4) is 0 Å².